The number of fused-ring (bicyclic) bond motifs is 1. The summed E-state index contributed by atoms with van der Waals surface area (Å²) in [6.45, 7) is 4.19. The molecule has 1 aliphatic heterocycles. The lowest BCUT2D eigenvalue weighted by Crippen LogP contribution is -2.41. The first kappa shape index (κ1) is 15.4. The van der Waals surface area contributed by atoms with Crippen LogP contribution in [0.2, 0.25) is 0 Å². The molecule has 2 N–H and O–H groups in total. The van der Waals surface area contributed by atoms with Crippen molar-refractivity contribution in [2.24, 2.45) is 5.41 Å². The van der Waals surface area contributed by atoms with E-state index in [-0.39, 0.29) is 18.6 Å². The molecule has 2 amide bonds. The first-order valence-corrected chi connectivity index (χ1v) is 7.66. The van der Waals surface area contributed by atoms with Crippen molar-refractivity contribution >= 4 is 23.0 Å². The Labute approximate surface area is 134 Å². The number of carboxylic acid groups (broad SMARTS) is 1. The Morgan fingerprint density at radius 3 is 2.78 bits per heavy atom. The number of aliphatic carboxylic acids is 1. The molecule has 1 aromatic heterocycles. The summed E-state index contributed by atoms with van der Waals surface area (Å²) in [5, 5.41) is 13.1. The van der Waals surface area contributed by atoms with Gasteiger partial charge in [0.25, 0.3) is 0 Å². The number of likely N-dealkylation sites (tertiary alicyclic amines) is 1. The highest BCUT2D eigenvalue weighted by Gasteiger charge is 2.42. The largest absolute Gasteiger partial charge is 0.481 e. The van der Waals surface area contributed by atoms with Gasteiger partial charge in [-0.05, 0) is 32.4 Å². The molecule has 6 nitrogen and oxygen atoms in total. The van der Waals surface area contributed by atoms with E-state index in [2.05, 4.69) is 5.32 Å². The van der Waals surface area contributed by atoms with Gasteiger partial charge in [-0.15, -0.1) is 0 Å². The SMILES string of the molecule is CC(NC(=O)N1CCC(C)(C(=O)O)C1)c1cc2ccccc2o1. The van der Waals surface area contributed by atoms with Crippen LogP contribution >= 0.6 is 0 Å². The Morgan fingerprint density at radius 2 is 2.13 bits per heavy atom. The second-order valence-electron chi connectivity index (χ2n) is 6.40. The minimum Gasteiger partial charge on any atom is -0.481 e. The van der Waals surface area contributed by atoms with Crippen LogP contribution in [-0.2, 0) is 4.79 Å². The average molecular weight is 316 g/mol. The van der Waals surface area contributed by atoms with Crippen molar-refractivity contribution < 1.29 is 19.1 Å². The fraction of sp³-hybridized carbons (Fsp3) is 0.412. The summed E-state index contributed by atoms with van der Waals surface area (Å²) in [5.74, 6) is -0.183. The predicted octanol–water partition coefficient (Wildman–Crippen LogP) is 3.00. The maximum atomic E-state index is 12.3. The second kappa shape index (κ2) is 5.61. The highest BCUT2D eigenvalue weighted by molar-refractivity contribution is 5.80. The molecule has 1 saturated heterocycles. The number of carbonyl (C=O) groups is 2. The third-order valence-electron chi connectivity index (χ3n) is 4.49. The van der Waals surface area contributed by atoms with Crippen LogP contribution in [0.3, 0.4) is 0 Å². The summed E-state index contributed by atoms with van der Waals surface area (Å²) < 4.78 is 5.75. The number of benzene rings is 1. The van der Waals surface area contributed by atoms with E-state index in [0.29, 0.717) is 18.7 Å². The number of carboxylic acids is 1. The van der Waals surface area contributed by atoms with Gasteiger partial charge in [0, 0.05) is 18.5 Å². The monoisotopic (exact) mass is 316 g/mol. The van der Waals surface area contributed by atoms with Crippen LogP contribution < -0.4 is 5.32 Å². The number of nitrogens with one attached hydrogen (secondary N) is 1. The smallest absolute Gasteiger partial charge is 0.318 e. The molecule has 0 bridgehead atoms. The van der Waals surface area contributed by atoms with E-state index >= 15 is 0 Å². The molecule has 1 aliphatic rings. The number of furan rings is 1. The molecule has 1 aromatic carbocycles. The van der Waals surface area contributed by atoms with Crippen molar-refractivity contribution in [2.75, 3.05) is 13.1 Å². The first-order valence-electron chi connectivity index (χ1n) is 7.66. The topological polar surface area (TPSA) is 82.8 Å². The zero-order valence-electron chi connectivity index (χ0n) is 13.2. The van der Waals surface area contributed by atoms with Gasteiger partial charge in [-0.3, -0.25) is 4.79 Å². The van der Waals surface area contributed by atoms with Gasteiger partial charge in [-0.2, -0.15) is 0 Å². The maximum absolute atomic E-state index is 12.3. The van der Waals surface area contributed by atoms with Crippen LogP contribution in [0, 0.1) is 5.41 Å². The molecule has 23 heavy (non-hydrogen) atoms. The Kier molecular flexibility index (Phi) is 3.75. The van der Waals surface area contributed by atoms with E-state index in [9.17, 15) is 14.7 Å². The molecular formula is C17H20N2O4. The third-order valence-corrected chi connectivity index (χ3v) is 4.49. The van der Waals surface area contributed by atoms with Crippen LogP contribution in [-0.4, -0.2) is 35.1 Å². The number of para-hydroxylation sites is 1. The van der Waals surface area contributed by atoms with Crippen molar-refractivity contribution in [3.8, 4) is 0 Å². The molecule has 0 aliphatic carbocycles. The lowest BCUT2D eigenvalue weighted by molar-refractivity contribution is -0.147. The van der Waals surface area contributed by atoms with E-state index < -0.39 is 11.4 Å². The molecule has 2 heterocycles. The maximum Gasteiger partial charge on any atom is 0.318 e. The minimum absolute atomic E-state index is 0.223. The molecule has 0 radical (unpaired) electrons. The fourth-order valence-corrected chi connectivity index (χ4v) is 2.87. The molecule has 2 aromatic rings. The number of rotatable bonds is 3. The van der Waals surface area contributed by atoms with Gasteiger partial charge in [0.05, 0.1) is 11.5 Å². The van der Waals surface area contributed by atoms with E-state index in [4.69, 9.17) is 4.42 Å². The average Bonchev–Trinajstić information content (AvgIpc) is 3.11. The summed E-state index contributed by atoms with van der Waals surface area (Å²) in [5.41, 5.74) is -0.0804. The van der Waals surface area contributed by atoms with Crippen LogP contribution in [0.15, 0.2) is 34.7 Å². The summed E-state index contributed by atoms with van der Waals surface area (Å²) in [4.78, 5) is 25.1. The molecule has 122 valence electrons. The summed E-state index contributed by atoms with van der Waals surface area (Å²) in [6.07, 6.45) is 0.467. The van der Waals surface area contributed by atoms with E-state index in [0.717, 1.165) is 11.0 Å². The molecule has 0 saturated carbocycles. The third kappa shape index (κ3) is 2.88. The second-order valence-corrected chi connectivity index (χ2v) is 6.40. The zero-order chi connectivity index (χ0) is 16.6. The van der Waals surface area contributed by atoms with Crippen LogP contribution in [0.4, 0.5) is 4.79 Å². The number of hydrogen-bond acceptors (Lipinski definition) is 3. The van der Waals surface area contributed by atoms with Gasteiger partial charge >= 0.3 is 12.0 Å². The Hall–Kier alpha value is -2.50. The quantitative estimate of drug-likeness (QED) is 0.912. The number of urea groups is 1. The van der Waals surface area contributed by atoms with Crippen LogP contribution in [0.1, 0.15) is 32.1 Å². The van der Waals surface area contributed by atoms with Gasteiger partial charge in [0.2, 0.25) is 0 Å². The normalized spacial score (nSPS) is 22.3. The first-order chi connectivity index (χ1) is 10.9. The van der Waals surface area contributed by atoms with Gasteiger partial charge in [-0.1, -0.05) is 18.2 Å². The van der Waals surface area contributed by atoms with E-state index in [1.165, 1.54) is 0 Å². The van der Waals surface area contributed by atoms with E-state index in [1.807, 2.05) is 37.3 Å². The van der Waals surface area contributed by atoms with Gasteiger partial charge in [0.1, 0.15) is 11.3 Å². The highest BCUT2D eigenvalue weighted by atomic mass is 16.4. The molecular weight excluding hydrogens is 296 g/mol. The number of nitrogens with zero attached hydrogens (tertiary/aromatic N) is 1. The summed E-state index contributed by atoms with van der Waals surface area (Å²) in [6, 6.07) is 9.03. The molecule has 3 rings (SSSR count). The summed E-state index contributed by atoms with van der Waals surface area (Å²) >= 11 is 0. The molecule has 1 fully saturated rings. The Bertz CT molecular complexity index is 721. The van der Waals surface area contributed by atoms with Crippen molar-refractivity contribution in [1.29, 1.82) is 0 Å². The van der Waals surface area contributed by atoms with E-state index in [1.54, 1.807) is 11.8 Å². The fourth-order valence-electron chi connectivity index (χ4n) is 2.87. The number of hydrogen-bond donors (Lipinski definition) is 2. The minimum atomic E-state index is -0.863. The molecule has 2 unspecified atom stereocenters. The Balaban J connectivity index is 1.67. The molecule has 6 heteroatoms. The highest BCUT2D eigenvalue weighted by Crippen LogP contribution is 2.30. The zero-order valence-corrected chi connectivity index (χ0v) is 13.2. The van der Waals surface area contributed by atoms with Crippen molar-refractivity contribution in [3.63, 3.8) is 0 Å². The van der Waals surface area contributed by atoms with Crippen molar-refractivity contribution in [1.82, 2.24) is 10.2 Å². The van der Waals surface area contributed by atoms with Crippen molar-refractivity contribution in [3.05, 3.63) is 36.1 Å². The van der Waals surface area contributed by atoms with Gasteiger partial charge in [-0.25, -0.2) is 4.79 Å². The predicted molar refractivity (Wildman–Crippen MR) is 85.1 cm³/mol. The number of carbonyl (C=O) groups excluding carboxylic acids is 1. The van der Waals surface area contributed by atoms with Gasteiger partial charge < -0.3 is 19.7 Å². The van der Waals surface area contributed by atoms with Crippen LogP contribution in [0.25, 0.3) is 11.0 Å². The lowest BCUT2D eigenvalue weighted by Gasteiger charge is -2.22. The lowest BCUT2D eigenvalue weighted by atomic mass is 9.90. The molecule has 0 spiro atoms. The summed E-state index contributed by atoms with van der Waals surface area (Å²) in [7, 11) is 0. The van der Waals surface area contributed by atoms with Gasteiger partial charge in [0.15, 0.2) is 0 Å². The Morgan fingerprint density at radius 1 is 1.39 bits per heavy atom. The van der Waals surface area contributed by atoms with Crippen molar-refractivity contribution in [2.45, 2.75) is 26.3 Å². The standard InChI is InChI=1S/C17H20N2O4/c1-11(14-9-12-5-3-4-6-13(12)23-14)18-16(22)19-8-7-17(2,10-19)15(20)21/h3-6,9,11H,7-8,10H2,1-2H3,(H,18,22)(H,20,21). The molecule has 2 atom stereocenters. The van der Waals surface area contributed by atoms with Crippen LogP contribution in [0.5, 0.6) is 0 Å². The number of amides is 2.